The van der Waals surface area contributed by atoms with Gasteiger partial charge in [-0.2, -0.15) is 10.2 Å². The summed E-state index contributed by atoms with van der Waals surface area (Å²) in [5, 5.41) is 16.2. The van der Waals surface area contributed by atoms with Gasteiger partial charge in [0.2, 0.25) is 0 Å². The van der Waals surface area contributed by atoms with Crippen molar-refractivity contribution in [1.29, 1.82) is 0 Å². The molecule has 0 spiro atoms. The standard InChI is InChI=1S/C21H20BrClN6O2/c1-12-19(23)13(2)29(25-12)11-17-14(3)31-27-20(17)21(30)24-18-8-9-28(26-18)10-15-4-6-16(22)7-5-15/h4-9H,10-11H2,1-3H3,(H,24,26,30). The van der Waals surface area contributed by atoms with Crippen molar-refractivity contribution < 1.29 is 9.32 Å². The second-order valence-corrected chi connectivity index (χ2v) is 8.48. The molecule has 0 saturated carbocycles. The van der Waals surface area contributed by atoms with Crippen LogP contribution in [-0.4, -0.2) is 30.6 Å². The minimum atomic E-state index is -0.395. The Labute approximate surface area is 192 Å². The lowest BCUT2D eigenvalue weighted by molar-refractivity contribution is 0.101. The molecule has 0 saturated heterocycles. The normalized spacial score (nSPS) is 11.1. The Morgan fingerprint density at radius 1 is 1.13 bits per heavy atom. The van der Waals surface area contributed by atoms with Gasteiger partial charge in [-0.15, -0.1) is 0 Å². The summed E-state index contributed by atoms with van der Waals surface area (Å²) in [7, 11) is 0. The highest BCUT2D eigenvalue weighted by atomic mass is 79.9. The minimum Gasteiger partial charge on any atom is -0.361 e. The summed E-state index contributed by atoms with van der Waals surface area (Å²) in [5.41, 5.74) is 3.49. The Kier molecular flexibility index (Phi) is 5.97. The number of carbonyl (C=O) groups excluding carboxylic acids is 1. The molecule has 0 unspecified atom stereocenters. The van der Waals surface area contributed by atoms with Gasteiger partial charge >= 0.3 is 0 Å². The lowest BCUT2D eigenvalue weighted by Crippen LogP contribution is -2.17. The Hall–Kier alpha value is -2.91. The van der Waals surface area contributed by atoms with E-state index in [1.807, 2.05) is 44.3 Å². The largest absolute Gasteiger partial charge is 0.361 e. The van der Waals surface area contributed by atoms with Crippen molar-refractivity contribution in [2.75, 3.05) is 5.32 Å². The molecule has 3 heterocycles. The number of amides is 1. The maximum Gasteiger partial charge on any atom is 0.279 e. The number of carbonyl (C=O) groups is 1. The molecule has 3 aromatic heterocycles. The number of hydrogen-bond acceptors (Lipinski definition) is 5. The molecule has 8 nitrogen and oxygen atoms in total. The van der Waals surface area contributed by atoms with Crippen molar-refractivity contribution in [3.63, 3.8) is 0 Å². The van der Waals surface area contributed by atoms with E-state index in [1.54, 1.807) is 22.4 Å². The Morgan fingerprint density at radius 3 is 2.55 bits per heavy atom. The van der Waals surface area contributed by atoms with Crippen LogP contribution in [0.4, 0.5) is 5.82 Å². The summed E-state index contributed by atoms with van der Waals surface area (Å²) >= 11 is 9.67. The zero-order chi connectivity index (χ0) is 22.1. The van der Waals surface area contributed by atoms with E-state index in [4.69, 9.17) is 16.1 Å². The molecule has 0 atom stereocenters. The molecule has 160 valence electrons. The van der Waals surface area contributed by atoms with Gasteiger partial charge < -0.3 is 9.84 Å². The molecule has 4 aromatic rings. The Balaban J connectivity index is 1.49. The van der Waals surface area contributed by atoms with E-state index in [2.05, 4.69) is 36.6 Å². The number of rotatable bonds is 6. The van der Waals surface area contributed by atoms with Gasteiger partial charge in [0, 0.05) is 22.3 Å². The molecule has 0 bridgehead atoms. The summed E-state index contributed by atoms with van der Waals surface area (Å²) in [5.74, 6) is 0.589. The van der Waals surface area contributed by atoms with Crippen molar-refractivity contribution in [1.82, 2.24) is 24.7 Å². The van der Waals surface area contributed by atoms with E-state index in [-0.39, 0.29) is 5.69 Å². The maximum absolute atomic E-state index is 12.9. The Bertz CT molecular complexity index is 1240. The Morgan fingerprint density at radius 2 is 1.87 bits per heavy atom. The molecule has 31 heavy (non-hydrogen) atoms. The zero-order valence-corrected chi connectivity index (χ0v) is 19.5. The second-order valence-electron chi connectivity index (χ2n) is 7.19. The van der Waals surface area contributed by atoms with Crippen LogP contribution in [0.2, 0.25) is 5.02 Å². The van der Waals surface area contributed by atoms with E-state index in [9.17, 15) is 4.79 Å². The van der Waals surface area contributed by atoms with E-state index >= 15 is 0 Å². The summed E-state index contributed by atoms with van der Waals surface area (Å²) in [4.78, 5) is 12.9. The number of benzene rings is 1. The predicted octanol–water partition coefficient (Wildman–Crippen LogP) is 4.76. The average Bonchev–Trinajstić information content (AvgIpc) is 3.40. The zero-order valence-electron chi connectivity index (χ0n) is 17.2. The van der Waals surface area contributed by atoms with Gasteiger partial charge in [-0.05, 0) is 38.5 Å². The number of aryl methyl sites for hydroxylation is 2. The molecule has 4 rings (SSSR count). The molecule has 10 heteroatoms. The van der Waals surface area contributed by atoms with Crippen molar-refractivity contribution in [3.05, 3.63) is 80.0 Å². The van der Waals surface area contributed by atoms with Crippen LogP contribution in [0, 0.1) is 20.8 Å². The molecule has 1 aromatic carbocycles. The topological polar surface area (TPSA) is 90.8 Å². The van der Waals surface area contributed by atoms with Gasteiger partial charge in [-0.1, -0.05) is 44.8 Å². The van der Waals surface area contributed by atoms with Gasteiger partial charge in [0.15, 0.2) is 11.5 Å². The van der Waals surface area contributed by atoms with Crippen LogP contribution in [0.15, 0.2) is 45.5 Å². The lowest BCUT2D eigenvalue weighted by atomic mass is 10.2. The van der Waals surface area contributed by atoms with Crippen LogP contribution >= 0.6 is 27.5 Å². The van der Waals surface area contributed by atoms with Crippen molar-refractivity contribution in [2.24, 2.45) is 0 Å². The third-order valence-electron chi connectivity index (χ3n) is 4.94. The highest BCUT2D eigenvalue weighted by molar-refractivity contribution is 9.10. The summed E-state index contributed by atoms with van der Waals surface area (Å²) < 4.78 is 9.80. The van der Waals surface area contributed by atoms with Crippen LogP contribution in [0.3, 0.4) is 0 Å². The van der Waals surface area contributed by atoms with Crippen LogP contribution in [0.25, 0.3) is 0 Å². The van der Waals surface area contributed by atoms with Gasteiger partial charge in [0.25, 0.3) is 5.91 Å². The first-order chi connectivity index (χ1) is 14.8. The molecule has 0 aliphatic rings. The first-order valence-electron chi connectivity index (χ1n) is 9.55. The van der Waals surface area contributed by atoms with Crippen molar-refractivity contribution >= 4 is 39.3 Å². The van der Waals surface area contributed by atoms with Crippen LogP contribution in [0.5, 0.6) is 0 Å². The smallest absolute Gasteiger partial charge is 0.279 e. The first kappa shape index (κ1) is 21.3. The molecular formula is C21H20BrClN6O2. The second kappa shape index (κ2) is 8.68. The van der Waals surface area contributed by atoms with E-state index in [1.165, 1.54) is 0 Å². The predicted molar refractivity (Wildman–Crippen MR) is 120 cm³/mol. The highest BCUT2D eigenvalue weighted by Crippen LogP contribution is 2.22. The maximum atomic E-state index is 12.9. The average molecular weight is 504 g/mol. The molecule has 0 fully saturated rings. The SMILES string of the molecule is Cc1nn(Cc2c(C(=O)Nc3ccn(Cc4ccc(Br)cc4)n3)noc2C)c(C)c1Cl. The highest BCUT2D eigenvalue weighted by Gasteiger charge is 2.22. The fourth-order valence-electron chi connectivity index (χ4n) is 3.20. The fourth-order valence-corrected chi connectivity index (χ4v) is 3.60. The van der Waals surface area contributed by atoms with Gasteiger partial charge in [0.1, 0.15) is 5.76 Å². The third-order valence-corrected chi connectivity index (χ3v) is 6.02. The molecule has 0 radical (unpaired) electrons. The van der Waals surface area contributed by atoms with Crippen LogP contribution in [0.1, 0.15) is 38.8 Å². The molecule has 1 amide bonds. The summed E-state index contributed by atoms with van der Waals surface area (Å²) in [6.07, 6.45) is 1.81. The van der Waals surface area contributed by atoms with Crippen molar-refractivity contribution in [2.45, 2.75) is 33.9 Å². The van der Waals surface area contributed by atoms with Crippen LogP contribution in [-0.2, 0) is 13.1 Å². The first-order valence-corrected chi connectivity index (χ1v) is 10.7. The van der Waals surface area contributed by atoms with E-state index in [0.717, 1.165) is 21.4 Å². The number of hydrogen-bond donors (Lipinski definition) is 1. The molecule has 0 aliphatic carbocycles. The monoisotopic (exact) mass is 502 g/mol. The number of nitrogens with zero attached hydrogens (tertiary/aromatic N) is 5. The number of aromatic nitrogens is 5. The molecule has 1 N–H and O–H groups in total. The summed E-state index contributed by atoms with van der Waals surface area (Å²) in [6, 6.07) is 9.72. The molecule has 0 aliphatic heterocycles. The van der Waals surface area contributed by atoms with E-state index in [0.29, 0.717) is 35.3 Å². The van der Waals surface area contributed by atoms with Gasteiger partial charge in [0.05, 0.1) is 29.5 Å². The van der Waals surface area contributed by atoms with Gasteiger partial charge in [-0.3, -0.25) is 14.2 Å². The fraction of sp³-hybridized carbons (Fsp3) is 0.238. The third kappa shape index (κ3) is 4.57. The number of halogens is 2. The number of anilines is 1. The quantitative estimate of drug-likeness (QED) is 0.410. The summed E-state index contributed by atoms with van der Waals surface area (Å²) in [6.45, 7) is 6.40. The van der Waals surface area contributed by atoms with Gasteiger partial charge in [-0.25, -0.2) is 0 Å². The molecular weight excluding hydrogens is 484 g/mol. The lowest BCUT2D eigenvalue weighted by Gasteiger charge is -2.06. The van der Waals surface area contributed by atoms with Crippen molar-refractivity contribution in [3.8, 4) is 0 Å². The minimum absolute atomic E-state index is 0.198. The number of nitrogens with one attached hydrogen (secondary N) is 1. The van der Waals surface area contributed by atoms with E-state index < -0.39 is 5.91 Å². The van der Waals surface area contributed by atoms with Crippen LogP contribution < -0.4 is 5.32 Å².